The summed E-state index contributed by atoms with van der Waals surface area (Å²) in [5.74, 6) is 1.10. The number of rotatable bonds is 8. The maximum absolute atomic E-state index is 12.3. The largest absolute Gasteiger partial charge is 0.444 e. The van der Waals surface area contributed by atoms with Gasteiger partial charge in [-0.3, -0.25) is 9.89 Å². The Balaban J connectivity index is 0.00000420. The van der Waals surface area contributed by atoms with Gasteiger partial charge in [0.05, 0.1) is 18.8 Å². The number of aryl methyl sites for hydroxylation is 1. The van der Waals surface area contributed by atoms with Crippen molar-refractivity contribution in [3.8, 4) is 11.5 Å². The van der Waals surface area contributed by atoms with Crippen LogP contribution in [-0.2, 0) is 6.54 Å². The summed E-state index contributed by atoms with van der Waals surface area (Å²) in [6.07, 6.45) is -2.02. The number of aliphatic imine (C=N–C) groups is 1. The molecule has 0 atom stereocenters. The topological polar surface area (TPSA) is 65.7 Å². The highest BCUT2D eigenvalue weighted by Crippen LogP contribution is 2.19. The van der Waals surface area contributed by atoms with Gasteiger partial charge < -0.3 is 15.1 Å². The van der Waals surface area contributed by atoms with Gasteiger partial charge in [-0.1, -0.05) is 17.7 Å². The van der Waals surface area contributed by atoms with Crippen LogP contribution >= 0.6 is 24.0 Å². The van der Waals surface area contributed by atoms with Crippen LogP contribution in [0.25, 0.3) is 11.5 Å². The third-order valence-corrected chi connectivity index (χ3v) is 3.97. The predicted molar refractivity (Wildman–Crippen MR) is 118 cm³/mol. The van der Waals surface area contributed by atoms with Gasteiger partial charge in [-0.05, 0) is 39.1 Å². The summed E-state index contributed by atoms with van der Waals surface area (Å²) in [4.78, 5) is 9.79. The van der Waals surface area contributed by atoms with Gasteiger partial charge in [-0.25, -0.2) is 4.98 Å². The Morgan fingerprint density at radius 2 is 1.90 bits per heavy atom. The molecule has 6 nitrogen and oxygen atoms in total. The fraction of sp³-hybridized carbons (Fsp3) is 0.474. The number of benzene rings is 1. The second kappa shape index (κ2) is 12.0. The summed E-state index contributed by atoms with van der Waals surface area (Å²) in [6, 6.07) is 7.90. The van der Waals surface area contributed by atoms with Crippen LogP contribution in [0.2, 0.25) is 0 Å². The number of hydrogen-bond donors (Lipinski definition) is 2. The highest BCUT2D eigenvalue weighted by Gasteiger charge is 2.28. The molecule has 0 amide bonds. The first-order chi connectivity index (χ1) is 13.3. The molecule has 0 unspecified atom stereocenters. The van der Waals surface area contributed by atoms with E-state index in [0.29, 0.717) is 37.9 Å². The highest BCUT2D eigenvalue weighted by atomic mass is 127. The summed E-state index contributed by atoms with van der Waals surface area (Å²) in [5.41, 5.74) is 2.79. The van der Waals surface area contributed by atoms with Gasteiger partial charge in [0.2, 0.25) is 5.89 Å². The van der Waals surface area contributed by atoms with E-state index in [2.05, 4.69) is 20.6 Å². The third-order valence-electron chi connectivity index (χ3n) is 3.97. The van der Waals surface area contributed by atoms with Crippen LogP contribution in [0.5, 0.6) is 0 Å². The Hall–Kier alpha value is -1.82. The van der Waals surface area contributed by atoms with E-state index in [-0.39, 0.29) is 24.0 Å². The summed E-state index contributed by atoms with van der Waals surface area (Å²) < 4.78 is 42.4. The van der Waals surface area contributed by atoms with Gasteiger partial charge in [-0.2, -0.15) is 13.2 Å². The van der Waals surface area contributed by atoms with Crippen molar-refractivity contribution in [1.82, 2.24) is 20.5 Å². The van der Waals surface area contributed by atoms with Crippen molar-refractivity contribution in [2.75, 3.05) is 33.7 Å². The summed E-state index contributed by atoms with van der Waals surface area (Å²) in [6.45, 7) is 2.38. The van der Waals surface area contributed by atoms with Crippen LogP contribution in [-0.4, -0.2) is 55.7 Å². The number of oxazole rings is 1. The molecule has 0 saturated carbocycles. The molecule has 0 saturated heterocycles. The quantitative estimate of drug-likeness (QED) is 0.238. The van der Waals surface area contributed by atoms with Crippen LogP contribution in [0.4, 0.5) is 13.2 Å². The van der Waals surface area contributed by atoms with Crippen molar-refractivity contribution in [3.05, 3.63) is 41.8 Å². The Morgan fingerprint density at radius 3 is 2.52 bits per heavy atom. The summed E-state index contributed by atoms with van der Waals surface area (Å²) >= 11 is 0. The van der Waals surface area contributed by atoms with E-state index in [1.165, 1.54) is 11.9 Å². The zero-order valence-corrected chi connectivity index (χ0v) is 19.0. The fourth-order valence-corrected chi connectivity index (χ4v) is 2.55. The number of hydrogen-bond acceptors (Lipinski definition) is 4. The van der Waals surface area contributed by atoms with E-state index in [1.807, 2.05) is 31.2 Å². The Labute approximate surface area is 186 Å². The van der Waals surface area contributed by atoms with Gasteiger partial charge in [0.1, 0.15) is 6.26 Å². The summed E-state index contributed by atoms with van der Waals surface area (Å²) in [5, 5.41) is 6.18. The minimum atomic E-state index is -4.17. The van der Waals surface area contributed by atoms with Crippen LogP contribution < -0.4 is 10.6 Å². The molecule has 0 radical (unpaired) electrons. The predicted octanol–water partition coefficient (Wildman–Crippen LogP) is 3.82. The number of nitrogens with zero attached hydrogens (tertiary/aromatic N) is 3. The summed E-state index contributed by atoms with van der Waals surface area (Å²) in [7, 11) is 3.09. The Bertz CT molecular complexity index is 762. The minimum absolute atomic E-state index is 0. The van der Waals surface area contributed by atoms with Crippen LogP contribution in [0.15, 0.2) is 39.9 Å². The maximum Gasteiger partial charge on any atom is 0.401 e. The second-order valence-electron chi connectivity index (χ2n) is 6.57. The average Bonchev–Trinajstić information content (AvgIpc) is 3.09. The lowest BCUT2D eigenvalue weighted by Gasteiger charge is -2.18. The lowest BCUT2D eigenvalue weighted by atomic mass is 10.1. The molecule has 0 aliphatic rings. The van der Waals surface area contributed by atoms with E-state index in [9.17, 15) is 13.2 Å². The molecule has 0 spiro atoms. The molecule has 162 valence electrons. The van der Waals surface area contributed by atoms with Crippen LogP contribution in [0.1, 0.15) is 17.7 Å². The van der Waals surface area contributed by atoms with E-state index in [1.54, 1.807) is 13.3 Å². The molecule has 0 bridgehead atoms. The van der Waals surface area contributed by atoms with Crippen molar-refractivity contribution in [1.29, 1.82) is 0 Å². The number of nitrogens with one attached hydrogen (secondary N) is 2. The fourth-order valence-electron chi connectivity index (χ4n) is 2.55. The smallest absolute Gasteiger partial charge is 0.401 e. The van der Waals surface area contributed by atoms with Gasteiger partial charge >= 0.3 is 6.18 Å². The average molecular weight is 525 g/mol. The van der Waals surface area contributed by atoms with Crippen molar-refractivity contribution in [2.24, 2.45) is 4.99 Å². The first-order valence-electron chi connectivity index (χ1n) is 8.98. The zero-order valence-electron chi connectivity index (χ0n) is 16.7. The molecular formula is C19H27F3IN5O. The van der Waals surface area contributed by atoms with Crippen molar-refractivity contribution < 1.29 is 17.6 Å². The molecule has 0 fully saturated rings. The number of aromatic nitrogens is 1. The van der Waals surface area contributed by atoms with Gasteiger partial charge in [-0.15, -0.1) is 24.0 Å². The van der Waals surface area contributed by atoms with Crippen molar-refractivity contribution in [2.45, 2.75) is 26.1 Å². The Kier molecular flexibility index (Phi) is 10.4. The second-order valence-corrected chi connectivity index (χ2v) is 6.57. The Morgan fingerprint density at radius 1 is 1.21 bits per heavy atom. The van der Waals surface area contributed by atoms with Gasteiger partial charge in [0.25, 0.3) is 0 Å². The molecule has 29 heavy (non-hydrogen) atoms. The standard InChI is InChI=1S/C19H26F3N5O.HI/c1-14-5-7-15(8-6-14)17-26-16(12-28-17)11-25-18(23-2)24-9-4-10-27(3)13-19(20,21)22;/h5-8,12H,4,9-11,13H2,1-3H3,(H2,23,24,25);1H. The number of halogens is 4. The maximum atomic E-state index is 12.3. The van der Waals surface area contributed by atoms with Crippen molar-refractivity contribution >= 4 is 29.9 Å². The lowest BCUT2D eigenvalue weighted by molar-refractivity contribution is -0.143. The lowest BCUT2D eigenvalue weighted by Crippen LogP contribution is -2.39. The van der Waals surface area contributed by atoms with Crippen LogP contribution in [0, 0.1) is 6.92 Å². The molecule has 1 aromatic heterocycles. The molecule has 1 aromatic carbocycles. The molecule has 0 aliphatic heterocycles. The highest BCUT2D eigenvalue weighted by molar-refractivity contribution is 14.0. The number of guanidine groups is 1. The first-order valence-corrected chi connectivity index (χ1v) is 8.98. The molecule has 2 aromatic rings. The van der Waals surface area contributed by atoms with Gasteiger partial charge in [0, 0.05) is 19.2 Å². The molecule has 2 rings (SSSR count). The molecule has 10 heteroatoms. The molecule has 0 aliphatic carbocycles. The SMILES string of the molecule is CN=C(NCCCN(C)CC(F)(F)F)NCc1coc(-c2ccc(C)cc2)n1.I. The monoisotopic (exact) mass is 525 g/mol. The van der Waals surface area contributed by atoms with E-state index in [0.717, 1.165) is 16.8 Å². The van der Waals surface area contributed by atoms with E-state index in [4.69, 9.17) is 4.42 Å². The zero-order chi connectivity index (χ0) is 20.6. The van der Waals surface area contributed by atoms with Crippen molar-refractivity contribution in [3.63, 3.8) is 0 Å². The van der Waals surface area contributed by atoms with Gasteiger partial charge in [0.15, 0.2) is 5.96 Å². The first kappa shape index (κ1) is 25.2. The molecular weight excluding hydrogens is 498 g/mol. The van der Waals surface area contributed by atoms with E-state index >= 15 is 0 Å². The third kappa shape index (κ3) is 9.48. The normalized spacial score (nSPS) is 12.0. The molecule has 2 N–H and O–H groups in total. The van der Waals surface area contributed by atoms with Crippen LogP contribution in [0.3, 0.4) is 0 Å². The minimum Gasteiger partial charge on any atom is -0.444 e. The van der Waals surface area contributed by atoms with E-state index < -0.39 is 12.7 Å². The number of alkyl halides is 3. The molecule has 1 heterocycles.